The van der Waals surface area contributed by atoms with E-state index < -0.39 is 11.7 Å². The highest BCUT2D eigenvalue weighted by atomic mass is 19.4. The molecule has 0 aliphatic carbocycles. The Morgan fingerprint density at radius 2 is 1.87 bits per heavy atom. The van der Waals surface area contributed by atoms with Crippen molar-refractivity contribution in [2.24, 2.45) is 0 Å². The van der Waals surface area contributed by atoms with Crippen LogP contribution >= 0.6 is 0 Å². The summed E-state index contributed by atoms with van der Waals surface area (Å²) >= 11 is 0. The van der Waals surface area contributed by atoms with Gasteiger partial charge >= 0.3 is 6.18 Å². The van der Waals surface area contributed by atoms with E-state index in [-0.39, 0.29) is 11.8 Å². The molecule has 4 rings (SSSR count). The summed E-state index contributed by atoms with van der Waals surface area (Å²) in [4.78, 5) is 21.5. The number of amides is 1. The first-order valence-corrected chi connectivity index (χ1v) is 10.6. The number of carbonyl (C=O) groups is 1. The van der Waals surface area contributed by atoms with E-state index >= 15 is 0 Å². The van der Waals surface area contributed by atoms with Crippen LogP contribution in [0.5, 0.6) is 0 Å². The van der Waals surface area contributed by atoms with E-state index in [1.165, 1.54) is 6.07 Å². The normalized spacial score (nSPS) is 20.6. The summed E-state index contributed by atoms with van der Waals surface area (Å²) in [7, 11) is 0. The second-order valence-electron chi connectivity index (χ2n) is 8.09. The summed E-state index contributed by atoms with van der Waals surface area (Å²) in [5.74, 6) is 0.189. The first-order chi connectivity index (χ1) is 14.9. The van der Waals surface area contributed by atoms with Crippen molar-refractivity contribution in [3.63, 3.8) is 0 Å². The number of benzene rings is 1. The number of hydrogen-bond donors (Lipinski definition) is 0. The topological polar surface area (TPSA) is 45.7 Å². The van der Waals surface area contributed by atoms with Crippen LogP contribution in [0.4, 0.5) is 13.2 Å². The van der Waals surface area contributed by atoms with Gasteiger partial charge in [-0.05, 0) is 37.1 Å². The zero-order chi connectivity index (χ0) is 21.8. The number of alkyl halides is 3. The first kappa shape index (κ1) is 21.8. The number of ether oxygens (including phenoxy) is 1. The predicted octanol–water partition coefficient (Wildman–Crippen LogP) is 3.81. The molecule has 2 aliphatic rings. The van der Waals surface area contributed by atoms with Gasteiger partial charge in [-0.2, -0.15) is 13.2 Å². The van der Waals surface area contributed by atoms with E-state index in [1.54, 1.807) is 12.1 Å². The van der Waals surface area contributed by atoms with Crippen LogP contribution in [-0.4, -0.2) is 66.6 Å². The van der Waals surface area contributed by atoms with Gasteiger partial charge in [-0.25, -0.2) is 0 Å². The smallest absolute Gasteiger partial charge is 0.379 e. The van der Waals surface area contributed by atoms with Crippen LogP contribution in [0.25, 0.3) is 11.3 Å². The zero-order valence-electron chi connectivity index (χ0n) is 17.3. The molecule has 2 aromatic rings. The molecule has 0 bridgehead atoms. The molecule has 1 aromatic carbocycles. The fourth-order valence-corrected chi connectivity index (χ4v) is 4.19. The van der Waals surface area contributed by atoms with Crippen LogP contribution in [0.2, 0.25) is 0 Å². The number of morpholine rings is 1. The minimum Gasteiger partial charge on any atom is -0.379 e. The predicted molar refractivity (Wildman–Crippen MR) is 110 cm³/mol. The summed E-state index contributed by atoms with van der Waals surface area (Å²) in [6, 6.07) is 10.7. The summed E-state index contributed by atoms with van der Waals surface area (Å²) in [5, 5.41) is 0. The van der Waals surface area contributed by atoms with Gasteiger partial charge in [0.1, 0.15) is 0 Å². The third-order valence-corrected chi connectivity index (χ3v) is 5.91. The maximum Gasteiger partial charge on any atom is 0.416 e. The van der Waals surface area contributed by atoms with Crippen LogP contribution < -0.4 is 0 Å². The van der Waals surface area contributed by atoms with Gasteiger partial charge in [0.25, 0.3) is 0 Å². The van der Waals surface area contributed by atoms with Crippen LogP contribution in [0, 0.1) is 0 Å². The van der Waals surface area contributed by atoms with Crippen LogP contribution in [-0.2, 0) is 15.7 Å². The van der Waals surface area contributed by atoms with Gasteiger partial charge in [-0.3, -0.25) is 14.7 Å². The molecular weight excluding hydrogens is 407 g/mol. The van der Waals surface area contributed by atoms with Crippen LogP contribution in [0.15, 0.2) is 42.5 Å². The molecule has 0 saturated carbocycles. The SMILES string of the molecule is O=C(CN1CCOCC1)N1CCCC(c2cccc(-c3cccc(C(F)(F)F)c3)n2)C1. The minimum absolute atomic E-state index is 0.0770. The lowest BCUT2D eigenvalue weighted by Gasteiger charge is -2.35. The van der Waals surface area contributed by atoms with E-state index in [0.717, 1.165) is 50.3 Å². The monoisotopic (exact) mass is 433 g/mol. The third kappa shape index (κ3) is 5.43. The first-order valence-electron chi connectivity index (χ1n) is 10.6. The van der Waals surface area contributed by atoms with E-state index in [4.69, 9.17) is 4.74 Å². The molecule has 0 N–H and O–H groups in total. The van der Waals surface area contributed by atoms with Gasteiger partial charge in [0.15, 0.2) is 0 Å². The molecule has 5 nitrogen and oxygen atoms in total. The number of rotatable bonds is 4. The number of nitrogens with zero attached hydrogens (tertiary/aromatic N) is 3. The lowest BCUT2D eigenvalue weighted by molar-refractivity contribution is -0.137. The lowest BCUT2D eigenvalue weighted by atomic mass is 9.93. The van der Waals surface area contributed by atoms with E-state index in [2.05, 4.69) is 9.88 Å². The highest BCUT2D eigenvalue weighted by Crippen LogP contribution is 2.33. The van der Waals surface area contributed by atoms with Crippen LogP contribution in [0.1, 0.15) is 30.0 Å². The van der Waals surface area contributed by atoms with Crippen molar-refractivity contribution in [3.05, 3.63) is 53.7 Å². The minimum atomic E-state index is -4.39. The number of piperidine rings is 1. The molecule has 2 fully saturated rings. The Kier molecular flexibility index (Phi) is 6.57. The van der Waals surface area contributed by atoms with E-state index in [0.29, 0.717) is 37.6 Å². The number of pyridine rings is 1. The van der Waals surface area contributed by atoms with Crippen molar-refractivity contribution in [2.45, 2.75) is 24.9 Å². The standard InChI is InChI=1S/C23H26F3N3O2/c24-23(25,26)19-6-1-4-17(14-19)20-7-2-8-21(27-20)18-5-3-9-29(15-18)22(30)16-28-10-12-31-13-11-28/h1-2,4,6-8,14,18H,3,5,9-13,15-16H2. The van der Waals surface area contributed by atoms with E-state index in [9.17, 15) is 18.0 Å². The zero-order valence-corrected chi connectivity index (χ0v) is 17.3. The third-order valence-electron chi connectivity index (χ3n) is 5.91. The van der Waals surface area contributed by atoms with Crippen molar-refractivity contribution < 1.29 is 22.7 Å². The number of carbonyl (C=O) groups excluding carboxylic acids is 1. The van der Waals surface area contributed by atoms with Gasteiger partial charge in [-0.1, -0.05) is 18.2 Å². The molecule has 2 saturated heterocycles. The Balaban J connectivity index is 1.46. The Morgan fingerprint density at radius 3 is 2.65 bits per heavy atom. The largest absolute Gasteiger partial charge is 0.416 e. The Hall–Kier alpha value is -2.45. The van der Waals surface area contributed by atoms with Crippen molar-refractivity contribution in [1.82, 2.24) is 14.8 Å². The summed E-state index contributed by atoms with van der Waals surface area (Å²) in [6.07, 6.45) is -2.60. The average Bonchev–Trinajstić information content (AvgIpc) is 2.79. The van der Waals surface area contributed by atoms with Crippen molar-refractivity contribution in [2.75, 3.05) is 45.9 Å². The van der Waals surface area contributed by atoms with Crippen molar-refractivity contribution >= 4 is 5.91 Å². The molecule has 1 amide bonds. The number of aromatic nitrogens is 1. The van der Waals surface area contributed by atoms with Crippen molar-refractivity contribution in [1.29, 1.82) is 0 Å². The maximum absolute atomic E-state index is 13.1. The van der Waals surface area contributed by atoms with Gasteiger partial charge < -0.3 is 9.64 Å². The Bertz CT molecular complexity index is 913. The second kappa shape index (κ2) is 9.36. The van der Waals surface area contributed by atoms with E-state index in [1.807, 2.05) is 17.0 Å². The molecule has 3 heterocycles. The quantitative estimate of drug-likeness (QED) is 0.736. The molecule has 2 aliphatic heterocycles. The fourth-order valence-electron chi connectivity index (χ4n) is 4.19. The molecule has 1 aromatic heterocycles. The molecular formula is C23H26F3N3O2. The summed E-state index contributed by atoms with van der Waals surface area (Å²) in [6.45, 7) is 4.56. The number of likely N-dealkylation sites (tertiary alicyclic amines) is 1. The molecule has 0 spiro atoms. The number of halogens is 3. The van der Waals surface area contributed by atoms with Gasteiger partial charge in [-0.15, -0.1) is 0 Å². The molecule has 0 radical (unpaired) electrons. The van der Waals surface area contributed by atoms with Gasteiger partial charge in [0.05, 0.1) is 31.0 Å². The highest BCUT2D eigenvalue weighted by Gasteiger charge is 2.31. The Labute approximate surface area is 179 Å². The molecule has 166 valence electrons. The Morgan fingerprint density at radius 1 is 1.10 bits per heavy atom. The van der Waals surface area contributed by atoms with Crippen LogP contribution in [0.3, 0.4) is 0 Å². The highest BCUT2D eigenvalue weighted by molar-refractivity contribution is 5.78. The fraction of sp³-hybridized carbons (Fsp3) is 0.478. The second-order valence-corrected chi connectivity index (χ2v) is 8.09. The van der Waals surface area contributed by atoms with Gasteiger partial charge in [0, 0.05) is 43.4 Å². The molecule has 1 unspecified atom stereocenters. The average molecular weight is 433 g/mol. The molecule has 1 atom stereocenters. The van der Waals surface area contributed by atoms with Gasteiger partial charge in [0.2, 0.25) is 5.91 Å². The van der Waals surface area contributed by atoms with Crippen molar-refractivity contribution in [3.8, 4) is 11.3 Å². The lowest BCUT2D eigenvalue weighted by Crippen LogP contribution is -2.47. The molecule has 8 heteroatoms. The molecule has 31 heavy (non-hydrogen) atoms. The maximum atomic E-state index is 13.1. The number of hydrogen-bond acceptors (Lipinski definition) is 4. The summed E-state index contributed by atoms with van der Waals surface area (Å²) < 4.78 is 44.6. The summed E-state index contributed by atoms with van der Waals surface area (Å²) in [5.41, 5.74) is 1.08.